The first-order chi connectivity index (χ1) is 24.5. The molecule has 7 rings (SSSR count). The summed E-state index contributed by atoms with van der Waals surface area (Å²) in [5.41, 5.74) is 8.41. The van der Waals surface area contributed by atoms with Crippen molar-refractivity contribution in [3.05, 3.63) is 113 Å². The van der Waals surface area contributed by atoms with Crippen molar-refractivity contribution in [1.82, 2.24) is 5.48 Å². The van der Waals surface area contributed by atoms with Crippen molar-refractivity contribution in [2.75, 3.05) is 26.8 Å². The Morgan fingerprint density at radius 1 is 0.900 bits per heavy atom. The van der Waals surface area contributed by atoms with Crippen LogP contribution >= 0.6 is 11.8 Å². The summed E-state index contributed by atoms with van der Waals surface area (Å²) in [7, 11) is 3.19. The van der Waals surface area contributed by atoms with E-state index in [2.05, 4.69) is 10.0 Å². The lowest BCUT2D eigenvalue weighted by atomic mass is 9.90. The van der Waals surface area contributed by atoms with Gasteiger partial charge in [0.2, 0.25) is 12.5 Å². The Kier molecular flexibility index (Phi) is 10.0. The van der Waals surface area contributed by atoms with Crippen molar-refractivity contribution in [2.45, 2.75) is 37.8 Å². The van der Waals surface area contributed by atoms with Crippen LogP contribution in [0.1, 0.15) is 22.3 Å². The zero-order valence-corrected chi connectivity index (χ0v) is 28.6. The lowest BCUT2D eigenvalue weighted by Gasteiger charge is -2.21. The van der Waals surface area contributed by atoms with E-state index in [1.54, 1.807) is 26.0 Å². The van der Waals surface area contributed by atoms with Gasteiger partial charge in [0.25, 0.3) is 0 Å². The highest BCUT2D eigenvalue weighted by Crippen LogP contribution is 2.43. The number of aryl methyl sites for hydroxylation is 2. The van der Waals surface area contributed by atoms with Gasteiger partial charge in [-0.1, -0.05) is 60.7 Å². The Balaban J connectivity index is 1.16. The van der Waals surface area contributed by atoms with Gasteiger partial charge in [0.1, 0.15) is 12.6 Å². The lowest BCUT2D eigenvalue weighted by molar-refractivity contribution is -0.686. The largest absolute Gasteiger partial charge is 0.493 e. The minimum atomic E-state index is -0.892. The summed E-state index contributed by atoms with van der Waals surface area (Å²) in [6.45, 7) is 0.945. The molecule has 2 aliphatic heterocycles. The maximum atomic E-state index is 13.8. The van der Waals surface area contributed by atoms with Crippen LogP contribution in [0.15, 0.2) is 91.1 Å². The molecule has 1 N–H and O–H groups in total. The summed E-state index contributed by atoms with van der Waals surface area (Å²) >= 11 is 1.54. The highest BCUT2D eigenvalue weighted by molar-refractivity contribution is 7.98. The Bertz CT molecular complexity index is 2020. The number of hydrogen-bond donors (Lipinski definition) is 1. The average molecular weight is 694 g/mol. The van der Waals surface area contributed by atoms with Crippen LogP contribution in [0.3, 0.4) is 0 Å². The second-order valence-electron chi connectivity index (χ2n) is 11.9. The lowest BCUT2D eigenvalue weighted by Crippen LogP contribution is -2.43. The Morgan fingerprint density at radius 2 is 1.64 bits per heavy atom. The topological polar surface area (TPSA) is 105 Å². The van der Waals surface area contributed by atoms with Gasteiger partial charge >= 0.3 is 11.9 Å². The van der Waals surface area contributed by atoms with E-state index in [0.29, 0.717) is 41.0 Å². The van der Waals surface area contributed by atoms with Crippen LogP contribution in [0.2, 0.25) is 0 Å². The fourth-order valence-electron chi connectivity index (χ4n) is 6.35. The number of nitrogens with zero attached hydrogens (tertiary/aromatic N) is 1. The van der Waals surface area contributed by atoms with Gasteiger partial charge in [-0.05, 0) is 41.0 Å². The van der Waals surface area contributed by atoms with Gasteiger partial charge in [-0.3, -0.25) is 9.59 Å². The molecule has 50 heavy (non-hydrogen) atoms. The Hall–Kier alpha value is -5.26. The first-order valence-corrected chi connectivity index (χ1v) is 17.5. The summed E-state index contributed by atoms with van der Waals surface area (Å²) in [6, 6.07) is 26.3. The van der Waals surface area contributed by atoms with Gasteiger partial charge < -0.3 is 28.5 Å². The number of aromatic nitrogens is 1. The van der Waals surface area contributed by atoms with Crippen LogP contribution in [0, 0.1) is 0 Å². The Labute approximate surface area is 294 Å². The number of nitrogens with one attached hydrogen (secondary N) is 1. The maximum absolute atomic E-state index is 13.8. The average Bonchev–Trinajstić information content (AvgIpc) is 3.62. The number of carbonyl (C=O) groups is 2. The van der Waals surface area contributed by atoms with Crippen LogP contribution in [0.5, 0.6) is 23.0 Å². The molecule has 0 amide bonds. The van der Waals surface area contributed by atoms with E-state index < -0.39 is 18.0 Å². The molecule has 10 nitrogen and oxygen atoms in total. The van der Waals surface area contributed by atoms with Crippen molar-refractivity contribution in [3.8, 4) is 34.3 Å². The molecule has 0 spiro atoms. The summed E-state index contributed by atoms with van der Waals surface area (Å²) in [5.74, 6) is 2.46. The second kappa shape index (κ2) is 15.1. The SMILES string of the molecule is COc1ccc2c(CC(=O)ON[C@@H](CSCc3ccccc3)C(=O)OCc3ccccc3)c3[n+](cc2c1OC)CCc1cc2c(cc1-3)OCO2. The summed E-state index contributed by atoms with van der Waals surface area (Å²) < 4.78 is 30.6. The second-order valence-corrected chi connectivity index (χ2v) is 13.0. The molecule has 0 fully saturated rings. The number of thioether (sulfide) groups is 1. The van der Waals surface area contributed by atoms with Gasteiger partial charge in [-0.15, -0.1) is 5.48 Å². The number of fused-ring (bicyclic) bond motifs is 5. The summed E-state index contributed by atoms with van der Waals surface area (Å²) in [5, 5.41) is 1.61. The van der Waals surface area contributed by atoms with Crippen LogP contribution < -0.4 is 29.0 Å². The normalized spacial score (nSPS) is 13.2. The third-order valence-electron chi connectivity index (χ3n) is 8.78. The zero-order chi connectivity index (χ0) is 34.5. The maximum Gasteiger partial charge on any atom is 0.329 e. The molecule has 0 saturated heterocycles. The molecule has 2 aliphatic rings. The van der Waals surface area contributed by atoms with Crippen molar-refractivity contribution < 1.29 is 42.7 Å². The number of rotatable bonds is 13. The van der Waals surface area contributed by atoms with E-state index in [1.165, 1.54) is 0 Å². The van der Waals surface area contributed by atoms with Gasteiger partial charge in [0, 0.05) is 28.9 Å². The van der Waals surface area contributed by atoms with Crippen molar-refractivity contribution in [2.24, 2.45) is 0 Å². The van der Waals surface area contributed by atoms with Crippen LogP contribution in [0.25, 0.3) is 22.0 Å². The van der Waals surface area contributed by atoms with Gasteiger partial charge in [0.15, 0.2) is 35.7 Å². The third kappa shape index (κ3) is 7.05. The third-order valence-corrected chi connectivity index (χ3v) is 9.89. The highest BCUT2D eigenvalue weighted by atomic mass is 32.2. The fourth-order valence-corrected chi connectivity index (χ4v) is 7.34. The van der Waals surface area contributed by atoms with E-state index in [1.807, 2.05) is 91.1 Å². The molecule has 1 aromatic heterocycles. The van der Waals surface area contributed by atoms with Gasteiger partial charge in [0.05, 0.1) is 31.6 Å². The zero-order valence-electron chi connectivity index (χ0n) is 27.8. The highest BCUT2D eigenvalue weighted by Gasteiger charge is 2.34. The predicted molar refractivity (Wildman–Crippen MR) is 188 cm³/mol. The number of carbonyl (C=O) groups excluding carboxylic acids is 2. The van der Waals surface area contributed by atoms with Crippen molar-refractivity contribution in [3.63, 3.8) is 0 Å². The fraction of sp³-hybridized carbons (Fsp3) is 0.256. The van der Waals surface area contributed by atoms with E-state index in [4.69, 9.17) is 28.5 Å². The molecule has 256 valence electrons. The molecule has 0 bridgehead atoms. The smallest absolute Gasteiger partial charge is 0.329 e. The van der Waals surface area contributed by atoms with Crippen LogP contribution in [-0.4, -0.2) is 44.7 Å². The molecule has 11 heteroatoms. The number of benzene rings is 4. The number of ether oxygens (including phenoxy) is 5. The molecule has 4 aromatic carbocycles. The minimum absolute atomic E-state index is 0.0913. The quantitative estimate of drug-likeness (QED) is 0.0934. The number of esters is 1. The molecular formula is C39H37N2O8S+. The first-order valence-electron chi connectivity index (χ1n) is 16.3. The molecule has 1 atom stereocenters. The predicted octanol–water partition coefficient (Wildman–Crippen LogP) is 5.73. The molecule has 3 heterocycles. The minimum Gasteiger partial charge on any atom is -0.493 e. The number of pyridine rings is 1. The van der Waals surface area contributed by atoms with Crippen molar-refractivity contribution >= 4 is 34.5 Å². The molecule has 0 radical (unpaired) electrons. The van der Waals surface area contributed by atoms with Crippen LogP contribution in [0.4, 0.5) is 0 Å². The van der Waals surface area contributed by atoms with Crippen LogP contribution in [-0.2, 0) is 50.9 Å². The van der Waals surface area contributed by atoms with Gasteiger partial charge in [-0.25, -0.2) is 0 Å². The van der Waals surface area contributed by atoms with E-state index in [-0.39, 0.29) is 19.8 Å². The summed E-state index contributed by atoms with van der Waals surface area (Å²) in [6.07, 6.45) is 2.71. The summed E-state index contributed by atoms with van der Waals surface area (Å²) in [4.78, 5) is 32.8. The van der Waals surface area contributed by atoms with E-state index in [9.17, 15) is 9.59 Å². The molecule has 0 unspecified atom stereocenters. The number of hydrogen-bond acceptors (Lipinski definition) is 10. The van der Waals surface area contributed by atoms with E-state index in [0.717, 1.165) is 50.7 Å². The number of hydroxylamine groups is 1. The standard InChI is InChI=1S/C39H37N2O8S/c1-44-33-14-13-28-30(37-29-18-35-34(47-24-48-35)17-27(29)15-16-41(37)20-31(28)38(33)45-2)19-36(42)49-40-32(23-50-22-26-11-7-4-8-12-26)39(43)46-21-25-9-5-3-6-10-25/h3-14,17-18,20,32,40H,15-16,19,21-24H2,1-2H3/q+1/t32-/m0/s1. The van der Waals surface area contributed by atoms with Crippen molar-refractivity contribution in [1.29, 1.82) is 0 Å². The Morgan fingerprint density at radius 3 is 2.38 bits per heavy atom. The molecule has 5 aromatic rings. The first kappa shape index (κ1) is 33.2. The monoisotopic (exact) mass is 693 g/mol. The molecule has 0 saturated carbocycles. The number of methoxy groups -OCH3 is 2. The molecule has 0 aliphatic carbocycles. The van der Waals surface area contributed by atoms with Gasteiger partial charge in [-0.2, -0.15) is 16.3 Å². The van der Waals surface area contributed by atoms with E-state index >= 15 is 0 Å². The molecular weight excluding hydrogens is 657 g/mol.